The van der Waals surface area contributed by atoms with E-state index in [4.69, 9.17) is 0 Å². The predicted octanol–water partition coefficient (Wildman–Crippen LogP) is 2.26. The zero-order valence-electron chi connectivity index (χ0n) is 9.65. The highest BCUT2D eigenvalue weighted by atomic mass is 16.3. The van der Waals surface area contributed by atoms with Crippen molar-refractivity contribution >= 4 is 0 Å². The summed E-state index contributed by atoms with van der Waals surface area (Å²) in [5, 5.41) is 10.9. The second-order valence-corrected chi connectivity index (χ2v) is 5.02. The number of nitrogens with zero attached hydrogens (tertiary/aromatic N) is 1. The smallest absolute Gasteiger partial charge is 0.145 e. The van der Waals surface area contributed by atoms with Crippen LogP contribution < -0.4 is 0 Å². The summed E-state index contributed by atoms with van der Waals surface area (Å²) in [6.45, 7) is 2.09. The average molecular weight is 217 g/mol. The van der Waals surface area contributed by atoms with E-state index in [0.29, 0.717) is 0 Å². The van der Waals surface area contributed by atoms with E-state index in [1.165, 1.54) is 24.8 Å². The maximum Gasteiger partial charge on any atom is 0.145 e. The van der Waals surface area contributed by atoms with E-state index in [-0.39, 0.29) is 0 Å². The Morgan fingerprint density at radius 3 is 2.62 bits per heavy atom. The molecule has 1 aromatic rings. The third-order valence-electron chi connectivity index (χ3n) is 4.07. The average Bonchev–Trinajstić information content (AvgIpc) is 2.71. The fourth-order valence-electron chi connectivity index (χ4n) is 3.16. The summed E-state index contributed by atoms with van der Waals surface area (Å²) in [6, 6.07) is 8.36. The minimum atomic E-state index is -0.670. The third-order valence-corrected chi connectivity index (χ3v) is 4.07. The number of benzene rings is 1. The first-order valence-electron chi connectivity index (χ1n) is 6.36. The van der Waals surface area contributed by atoms with Crippen LogP contribution in [0.1, 0.15) is 36.8 Å². The van der Waals surface area contributed by atoms with Crippen molar-refractivity contribution in [1.29, 1.82) is 0 Å². The van der Waals surface area contributed by atoms with E-state index < -0.39 is 5.72 Å². The van der Waals surface area contributed by atoms with Gasteiger partial charge in [0.25, 0.3) is 0 Å². The second kappa shape index (κ2) is 3.86. The Balaban J connectivity index is 1.94. The molecule has 1 aliphatic carbocycles. The minimum absolute atomic E-state index is 0.670. The summed E-state index contributed by atoms with van der Waals surface area (Å²) < 4.78 is 0. The molecule has 0 radical (unpaired) electrons. The first-order valence-corrected chi connectivity index (χ1v) is 6.36. The predicted molar refractivity (Wildman–Crippen MR) is 64.1 cm³/mol. The molecule has 86 valence electrons. The van der Waals surface area contributed by atoms with Gasteiger partial charge in [-0.2, -0.15) is 0 Å². The molecule has 0 bridgehead atoms. The molecular weight excluding hydrogens is 198 g/mol. The Morgan fingerprint density at radius 1 is 1.06 bits per heavy atom. The number of piperidine rings is 1. The van der Waals surface area contributed by atoms with Gasteiger partial charge in [-0.1, -0.05) is 30.7 Å². The molecule has 1 fully saturated rings. The Morgan fingerprint density at radius 2 is 1.81 bits per heavy atom. The number of likely N-dealkylation sites (tertiary alicyclic amines) is 1. The van der Waals surface area contributed by atoms with Gasteiger partial charge >= 0.3 is 0 Å². The molecule has 0 amide bonds. The highest BCUT2D eigenvalue weighted by Crippen LogP contribution is 2.40. The normalized spacial score (nSPS) is 30.3. The Kier molecular flexibility index (Phi) is 2.49. The van der Waals surface area contributed by atoms with Crippen LogP contribution in [0.15, 0.2) is 24.3 Å². The summed E-state index contributed by atoms with van der Waals surface area (Å²) in [5.74, 6) is 0. The molecule has 1 unspecified atom stereocenters. The molecule has 0 saturated carbocycles. The van der Waals surface area contributed by atoms with Crippen LogP contribution in [0.25, 0.3) is 0 Å². The molecule has 2 heteroatoms. The van der Waals surface area contributed by atoms with E-state index in [9.17, 15) is 5.11 Å². The zero-order chi connectivity index (χ0) is 11.0. The molecule has 1 heterocycles. The molecule has 1 N–H and O–H groups in total. The topological polar surface area (TPSA) is 23.5 Å². The molecule has 16 heavy (non-hydrogen) atoms. The van der Waals surface area contributed by atoms with Gasteiger partial charge in [-0.3, -0.25) is 4.90 Å². The molecule has 1 saturated heterocycles. The molecule has 1 aliphatic heterocycles. The lowest BCUT2D eigenvalue weighted by molar-refractivity contribution is -0.122. The van der Waals surface area contributed by atoms with Gasteiger partial charge in [-0.25, -0.2) is 0 Å². The van der Waals surface area contributed by atoms with Gasteiger partial charge in [-0.05, 0) is 31.2 Å². The van der Waals surface area contributed by atoms with Gasteiger partial charge in [-0.15, -0.1) is 0 Å². The summed E-state index contributed by atoms with van der Waals surface area (Å²) in [5.41, 5.74) is 1.81. The number of rotatable bonds is 1. The molecule has 1 aromatic carbocycles. The van der Waals surface area contributed by atoms with Crippen molar-refractivity contribution in [3.63, 3.8) is 0 Å². The summed E-state index contributed by atoms with van der Waals surface area (Å²) in [7, 11) is 0. The van der Waals surface area contributed by atoms with Crippen molar-refractivity contribution in [1.82, 2.24) is 4.90 Å². The van der Waals surface area contributed by atoms with Gasteiger partial charge in [0.1, 0.15) is 5.72 Å². The lowest BCUT2D eigenvalue weighted by Gasteiger charge is -2.40. The van der Waals surface area contributed by atoms with Crippen molar-refractivity contribution in [3.8, 4) is 0 Å². The van der Waals surface area contributed by atoms with Crippen molar-refractivity contribution in [3.05, 3.63) is 35.4 Å². The van der Waals surface area contributed by atoms with E-state index in [1.807, 2.05) is 6.07 Å². The maximum absolute atomic E-state index is 10.9. The van der Waals surface area contributed by atoms with Crippen molar-refractivity contribution < 1.29 is 5.11 Å². The SMILES string of the molecule is OC1(N2CCCCC2)CCc2ccccc21. The largest absolute Gasteiger partial charge is 0.371 e. The number of aliphatic hydroxyl groups is 1. The zero-order valence-corrected chi connectivity index (χ0v) is 9.65. The number of hydrogen-bond acceptors (Lipinski definition) is 2. The fraction of sp³-hybridized carbons (Fsp3) is 0.571. The van der Waals surface area contributed by atoms with Gasteiger partial charge in [0, 0.05) is 18.7 Å². The Bertz CT molecular complexity index is 384. The number of hydrogen-bond donors (Lipinski definition) is 1. The van der Waals surface area contributed by atoms with Gasteiger partial charge in [0.15, 0.2) is 0 Å². The van der Waals surface area contributed by atoms with E-state index in [0.717, 1.165) is 31.5 Å². The van der Waals surface area contributed by atoms with Crippen LogP contribution in [0.5, 0.6) is 0 Å². The van der Waals surface area contributed by atoms with Crippen LogP contribution in [0, 0.1) is 0 Å². The van der Waals surface area contributed by atoms with Crippen LogP contribution in [0.4, 0.5) is 0 Å². The van der Waals surface area contributed by atoms with Crippen molar-refractivity contribution in [2.45, 2.75) is 37.8 Å². The first-order chi connectivity index (χ1) is 7.81. The minimum Gasteiger partial charge on any atom is -0.371 e. The van der Waals surface area contributed by atoms with Crippen LogP contribution in [-0.4, -0.2) is 23.1 Å². The molecule has 1 atom stereocenters. The van der Waals surface area contributed by atoms with Crippen LogP contribution in [0.3, 0.4) is 0 Å². The van der Waals surface area contributed by atoms with E-state index >= 15 is 0 Å². The Labute approximate surface area is 96.9 Å². The molecule has 2 aliphatic rings. The fourth-order valence-corrected chi connectivity index (χ4v) is 3.16. The number of aryl methyl sites for hydroxylation is 1. The molecule has 0 spiro atoms. The third kappa shape index (κ3) is 1.48. The van der Waals surface area contributed by atoms with Crippen molar-refractivity contribution in [2.75, 3.05) is 13.1 Å². The Hall–Kier alpha value is -0.860. The van der Waals surface area contributed by atoms with Crippen LogP contribution in [0.2, 0.25) is 0 Å². The lowest BCUT2D eigenvalue weighted by atomic mass is 10.00. The quantitative estimate of drug-likeness (QED) is 0.780. The van der Waals surface area contributed by atoms with Crippen molar-refractivity contribution in [2.24, 2.45) is 0 Å². The lowest BCUT2D eigenvalue weighted by Crippen LogP contribution is -2.47. The monoisotopic (exact) mass is 217 g/mol. The van der Waals surface area contributed by atoms with Gasteiger partial charge in [0.05, 0.1) is 0 Å². The molecule has 3 rings (SSSR count). The second-order valence-electron chi connectivity index (χ2n) is 5.02. The number of fused-ring (bicyclic) bond motifs is 1. The van der Waals surface area contributed by atoms with E-state index in [2.05, 4.69) is 23.1 Å². The first kappa shape index (κ1) is 10.3. The van der Waals surface area contributed by atoms with Gasteiger partial charge < -0.3 is 5.11 Å². The maximum atomic E-state index is 10.9. The summed E-state index contributed by atoms with van der Waals surface area (Å²) >= 11 is 0. The highest BCUT2D eigenvalue weighted by molar-refractivity contribution is 5.36. The highest BCUT2D eigenvalue weighted by Gasteiger charge is 2.41. The van der Waals surface area contributed by atoms with Gasteiger partial charge in [0.2, 0.25) is 0 Å². The standard InChI is InChI=1S/C14H19NO/c16-14(15-10-4-1-5-11-15)9-8-12-6-2-3-7-13(12)14/h2-3,6-7,16H,1,4-5,8-11H2. The molecule has 0 aromatic heterocycles. The summed E-state index contributed by atoms with van der Waals surface area (Å²) in [6.07, 6.45) is 5.65. The molecular formula is C14H19NO. The van der Waals surface area contributed by atoms with E-state index in [1.54, 1.807) is 0 Å². The van der Waals surface area contributed by atoms with Crippen LogP contribution in [-0.2, 0) is 12.1 Å². The summed E-state index contributed by atoms with van der Waals surface area (Å²) in [4.78, 5) is 2.28. The van der Waals surface area contributed by atoms with Crippen LogP contribution >= 0.6 is 0 Å². The molecule has 2 nitrogen and oxygen atoms in total.